The second-order valence-corrected chi connectivity index (χ2v) is 6.94. The summed E-state index contributed by atoms with van der Waals surface area (Å²) in [6.45, 7) is 2.16. The SMILES string of the molecule is NCCOc1cccc(CC(=O)N2CCC(Cc3cc(F)cc(F)c3)C2)c1. The van der Waals surface area contributed by atoms with E-state index >= 15 is 0 Å². The van der Waals surface area contributed by atoms with Crippen LogP contribution in [0.2, 0.25) is 0 Å². The molecule has 1 atom stereocenters. The number of likely N-dealkylation sites (tertiary alicyclic amines) is 1. The first-order chi connectivity index (χ1) is 13.0. The third-order valence-electron chi connectivity index (χ3n) is 4.73. The summed E-state index contributed by atoms with van der Waals surface area (Å²) in [4.78, 5) is 14.4. The number of nitrogens with two attached hydrogens (primary N) is 1. The molecule has 1 heterocycles. The molecule has 0 bridgehead atoms. The van der Waals surface area contributed by atoms with E-state index in [-0.39, 0.29) is 11.8 Å². The van der Waals surface area contributed by atoms with Crippen molar-refractivity contribution in [3.63, 3.8) is 0 Å². The van der Waals surface area contributed by atoms with Gasteiger partial charge in [0, 0.05) is 25.7 Å². The fourth-order valence-electron chi connectivity index (χ4n) is 3.50. The summed E-state index contributed by atoms with van der Waals surface area (Å²) in [6.07, 6.45) is 1.71. The summed E-state index contributed by atoms with van der Waals surface area (Å²) >= 11 is 0. The van der Waals surface area contributed by atoms with Gasteiger partial charge in [-0.1, -0.05) is 12.1 Å². The van der Waals surface area contributed by atoms with Crippen LogP contribution in [0.25, 0.3) is 0 Å². The number of benzene rings is 2. The molecule has 1 aliphatic rings. The van der Waals surface area contributed by atoms with Gasteiger partial charge in [0.05, 0.1) is 6.42 Å². The van der Waals surface area contributed by atoms with Gasteiger partial charge in [-0.15, -0.1) is 0 Å². The fourth-order valence-corrected chi connectivity index (χ4v) is 3.50. The Hall–Kier alpha value is -2.47. The predicted molar refractivity (Wildman–Crippen MR) is 99.4 cm³/mol. The highest BCUT2D eigenvalue weighted by Crippen LogP contribution is 2.23. The first-order valence-electron chi connectivity index (χ1n) is 9.18. The zero-order chi connectivity index (χ0) is 19.2. The number of carbonyl (C=O) groups is 1. The lowest BCUT2D eigenvalue weighted by molar-refractivity contribution is -0.129. The van der Waals surface area contributed by atoms with Crippen molar-refractivity contribution in [1.29, 1.82) is 0 Å². The molecule has 2 aromatic rings. The van der Waals surface area contributed by atoms with E-state index in [1.807, 2.05) is 29.2 Å². The maximum absolute atomic E-state index is 13.3. The van der Waals surface area contributed by atoms with E-state index in [2.05, 4.69) is 0 Å². The Morgan fingerprint density at radius 3 is 2.67 bits per heavy atom. The highest BCUT2D eigenvalue weighted by molar-refractivity contribution is 5.79. The molecule has 0 aliphatic carbocycles. The molecule has 3 rings (SSSR count). The van der Waals surface area contributed by atoms with Crippen LogP contribution in [-0.4, -0.2) is 37.0 Å². The molecule has 2 N–H and O–H groups in total. The van der Waals surface area contributed by atoms with Gasteiger partial charge in [0.2, 0.25) is 5.91 Å². The lowest BCUT2D eigenvalue weighted by atomic mass is 9.98. The Labute approximate surface area is 157 Å². The molecular weight excluding hydrogens is 350 g/mol. The quantitative estimate of drug-likeness (QED) is 0.811. The Morgan fingerprint density at radius 2 is 1.93 bits per heavy atom. The minimum Gasteiger partial charge on any atom is -0.492 e. The summed E-state index contributed by atoms with van der Waals surface area (Å²) in [5, 5.41) is 0. The topological polar surface area (TPSA) is 55.6 Å². The van der Waals surface area contributed by atoms with Crippen LogP contribution in [0.1, 0.15) is 17.5 Å². The van der Waals surface area contributed by atoms with Crippen molar-refractivity contribution >= 4 is 5.91 Å². The van der Waals surface area contributed by atoms with Gasteiger partial charge < -0.3 is 15.4 Å². The summed E-state index contributed by atoms with van der Waals surface area (Å²) in [7, 11) is 0. The first kappa shape index (κ1) is 19.3. The summed E-state index contributed by atoms with van der Waals surface area (Å²) < 4.78 is 32.2. The van der Waals surface area contributed by atoms with Gasteiger partial charge in [-0.05, 0) is 54.2 Å². The number of carbonyl (C=O) groups excluding carboxylic acids is 1. The van der Waals surface area contributed by atoms with E-state index in [4.69, 9.17) is 10.5 Å². The average molecular weight is 374 g/mol. The maximum Gasteiger partial charge on any atom is 0.227 e. The maximum atomic E-state index is 13.3. The minimum absolute atomic E-state index is 0.0545. The van der Waals surface area contributed by atoms with E-state index in [9.17, 15) is 13.6 Å². The number of halogens is 2. The second-order valence-electron chi connectivity index (χ2n) is 6.94. The Bertz CT molecular complexity index is 777. The van der Waals surface area contributed by atoms with Crippen molar-refractivity contribution in [3.8, 4) is 5.75 Å². The van der Waals surface area contributed by atoms with Gasteiger partial charge in [0.25, 0.3) is 0 Å². The van der Waals surface area contributed by atoms with Crippen molar-refractivity contribution in [1.82, 2.24) is 4.90 Å². The molecule has 6 heteroatoms. The second kappa shape index (κ2) is 8.95. The Morgan fingerprint density at radius 1 is 1.15 bits per heavy atom. The van der Waals surface area contributed by atoms with E-state index in [0.717, 1.165) is 18.1 Å². The molecule has 1 unspecified atom stereocenters. The van der Waals surface area contributed by atoms with Gasteiger partial charge in [-0.2, -0.15) is 0 Å². The third-order valence-corrected chi connectivity index (χ3v) is 4.73. The number of ether oxygens (including phenoxy) is 1. The number of nitrogens with zero attached hydrogens (tertiary/aromatic N) is 1. The van der Waals surface area contributed by atoms with Gasteiger partial charge in [0.1, 0.15) is 24.0 Å². The van der Waals surface area contributed by atoms with Crippen LogP contribution in [0.5, 0.6) is 5.75 Å². The van der Waals surface area contributed by atoms with Crippen LogP contribution < -0.4 is 10.5 Å². The number of hydrogen-bond acceptors (Lipinski definition) is 3. The summed E-state index contributed by atoms with van der Waals surface area (Å²) in [5.41, 5.74) is 6.96. The van der Waals surface area contributed by atoms with E-state index < -0.39 is 11.6 Å². The molecule has 1 aliphatic heterocycles. The minimum atomic E-state index is -0.562. The number of hydrogen-bond donors (Lipinski definition) is 1. The smallest absolute Gasteiger partial charge is 0.227 e. The summed E-state index contributed by atoms with van der Waals surface area (Å²) in [6, 6.07) is 11.1. The number of amides is 1. The molecule has 1 amide bonds. The lowest BCUT2D eigenvalue weighted by Crippen LogP contribution is -2.30. The van der Waals surface area contributed by atoms with Crippen molar-refractivity contribution in [2.75, 3.05) is 26.2 Å². The molecule has 0 spiro atoms. The van der Waals surface area contributed by atoms with Crippen LogP contribution >= 0.6 is 0 Å². The van der Waals surface area contributed by atoms with Crippen LogP contribution in [0.3, 0.4) is 0 Å². The molecule has 4 nitrogen and oxygen atoms in total. The molecule has 2 aromatic carbocycles. The first-order valence-corrected chi connectivity index (χ1v) is 9.18. The van der Waals surface area contributed by atoms with Crippen molar-refractivity contribution in [2.45, 2.75) is 19.3 Å². The van der Waals surface area contributed by atoms with Gasteiger partial charge in [-0.25, -0.2) is 8.78 Å². The molecule has 1 saturated heterocycles. The molecule has 144 valence electrons. The van der Waals surface area contributed by atoms with Gasteiger partial charge in [-0.3, -0.25) is 4.79 Å². The van der Waals surface area contributed by atoms with Gasteiger partial charge in [0.15, 0.2) is 0 Å². The molecule has 27 heavy (non-hydrogen) atoms. The molecular formula is C21H24F2N2O2. The standard InChI is InChI=1S/C21H24F2N2O2/c22-18-9-17(10-19(23)13-18)8-16-4-6-25(14-16)21(26)12-15-2-1-3-20(11-15)27-7-5-24/h1-3,9-11,13,16H,4-8,12,14,24H2. The average Bonchev–Trinajstić information content (AvgIpc) is 3.08. The lowest BCUT2D eigenvalue weighted by Gasteiger charge is -2.17. The summed E-state index contributed by atoms with van der Waals surface area (Å²) in [5.74, 6) is -0.146. The Balaban J connectivity index is 1.54. The highest BCUT2D eigenvalue weighted by atomic mass is 19.1. The van der Waals surface area contributed by atoms with E-state index in [0.29, 0.717) is 50.4 Å². The monoisotopic (exact) mass is 374 g/mol. The van der Waals surface area contributed by atoms with E-state index in [1.165, 1.54) is 12.1 Å². The largest absolute Gasteiger partial charge is 0.492 e. The molecule has 0 radical (unpaired) electrons. The number of rotatable bonds is 7. The normalized spacial score (nSPS) is 16.6. The zero-order valence-electron chi connectivity index (χ0n) is 15.2. The zero-order valence-corrected chi connectivity index (χ0v) is 15.2. The van der Waals surface area contributed by atoms with Crippen molar-refractivity contribution < 1.29 is 18.3 Å². The van der Waals surface area contributed by atoms with Crippen LogP contribution in [0.15, 0.2) is 42.5 Å². The molecule has 0 aromatic heterocycles. The fraction of sp³-hybridized carbons (Fsp3) is 0.381. The van der Waals surface area contributed by atoms with Crippen molar-refractivity contribution in [3.05, 3.63) is 65.2 Å². The third kappa shape index (κ3) is 5.50. The highest BCUT2D eigenvalue weighted by Gasteiger charge is 2.26. The van der Waals surface area contributed by atoms with E-state index in [1.54, 1.807) is 0 Å². The van der Waals surface area contributed by atoms with Crippen LogP contribution in [0.4, 0.5) is 8.78 Å². The Kier molecular flexibility index (Phi) is 6.40. The molecule has 0 saturated carbocycles. The molecule has 1 fully saturated rings. The van der Waals surface area contributed by atoms with Crippen LogP contribution in [-0.2, 0) is 17.6 Å². The van der Waals surface area contributed by atoms with Crippen molar-refractivity contribution in [2.24, 2.45) is 11.7 Å². The predicted octanol–water partition coefficient (Wildman–Crippen LogP) is 2.94. The van der Waals surface area contributed by atoms with Gasteiger partial charge >= 0.3 is 0 Å². The van der Waals surface area contributed by atoms with Crippen LogP contribution in [0, 0.1) is 17.6 Å².